The van der Waals surface area contributed by atoms with Gasteiger partial charge < -0.3 is 4.74 Å². The van der Waals surface area contributed by atoms with Crippen LogP contribution < -0.4 is 4.74 Å². The maximum Gasteiger partial charge on any atom is 0.127 e. The summed E-state index contributed by atoms with van der Waals surface area (Å²) in [7, 11) is 0. The van der Waals surface area contributed by atoms with Gasteiger partial charge in [-0.25, -0.2) is 4.39 Å². The molecule has 0 unspecified atom stereocenters. The van der Waals surface area contributed by atoms with Gasteiger partial charge in [-0.05, 0) is 48.0 Å². The number of halogens is 2. The van der Waals surface area contributed by atoms with Gasteiger partial charge in [0, 0.05) is 15.6 Å². The lowest BCUT2D eigenvalue weighted by Gasteiger charge is -2.11. The van der Waals surface area contributed by atoms with Crippen LogP contribution in [0.2, 0.25) is 0 Å². The van der Waals surface area contributed by atoms with Crippen LogP contribution in [-0.4, -0.2) is 0 Å². The Balaban J connectivity index is 1.93. The molecule has 0 saturated heterocycles. The lowest BCUT2D eigenvalue weighted by atomic mass is 10.0. The first-order valence-corrected chi connectivity index (χ1v) is 9.18. The van der Waals surface area contributed by atoms with Crippen molar-refractivity contribution in [3.63, 3.8) is 0 Å². The van der Waals surface area contributed by atoms with Crippen LogP contribution >= 0.6 is 15.9 Å². The van der Waals surface area contributed by atoms with E-state index in [1.165, 1.54) is 12.1 Å². The average Bonchev–Trinajstić information content (AvgIpc) is 2.72. The summed E-state index contributed by atoms with van der Waals surface area (Å²) in [5.74, 6) is 0.217. The van der Waals surface area contributed by atoms with Crippen LogP contribution in [0.25, 0.3) is 11.6 Å². The van der Waals surface area contributed by atoms with Crippen molar-refractivity contribution >= 4 is 27.6 Å². The Hall–Kier alpha value is -3.41. The molecule has 0 atom stereocenters. The van der Waals surface area contributed by atoms with E-state index in [0.717, 1.165) is 10.0 Å². The topological polar surface area (TPSA) is 56.8 Å². The summed E-state index contributed by atoms with van der Waals surface area (Å²) < 4.78 is 19.9. The lowest BCUT2D eigenvalue weighted by molar-refractivity contribution is 0.305. The molecule has 0 aromatic heterocycles. The van der Waals surface area contributed by atoms with E-state index in [1.807, 2.05) is 24.3 Å². The van der Waals surface area contributed by atoms with Gasteiger partial charge in [-0.15, -0.1) is 0 Å². The molecule has 3 aromatic rings. The van der Waals surface area contributed by atoms with Crippen molar-refractivity contribution in [1.82, 2.24) is 0 Å². The van der Waals surface area contributed by atoms with Crippen molar-refractivity contribution in [3.05, 3.63) is 99.3 Å². The molecule has 0 N–H and O–H groups in total. The number of rotatable bonds is 5. The standard InChI is InChI=1S/C23H14BrFN2O/c24-21-7-10-23(28-15-18-4-2-1-3-17(18)13-26)19(12-21)11-20(14-27)16-5-8-22(25)9-6-16/h1-12H,15H2. The van der Waals surface area contributed by atoms with Gasteiger partial charge in [0.05, 0.1) is 23.3 Å². The predicted molar refractivity (Wildman–Crippen MR) is 110 cm³/mol. The van der Waals surface area contributed by atoms with E-state index < -0.39 is 0 Å². The first-order chi connectivity index (χ1) is 13.6. The fraction of sp³-hybridized carbons (Fsp3) is 0.0435. The van der Waals surface area contributed by atoms with Gasteiger partial charge in [0.1, 0.15) is 18.2 Å². The number of allylic oxidation sites excluding steroid dienone is 1. The van der Waals surface area contributed by atoms with Gasteiger partial charge in [0.2, 0.25) is 0 Å². The zero-order valence-corrected chi connectivity index (χ0v) is 16.3. The quantitative estimate of drug-likeness (QED) is 0.361. The highest BCUT2D eigenvalue weighted by molar-refractivity contribution is 9.10. The van der Waals surface area contributed by atoms with Crippen molar-refractivity contribution in [2.75, 3.05) is 0 Å². The van der Waals surface area contributed by atoms with Gasteiger partial charge in [-0.2, -0.15) is 10.5 Å². The Morgan fingerprint density at radius 2 is 1.79 bits per heavy atom. The van der Waals surface area contributed by atoms with Crippen LogP contribution in [0.5, 0.6) is 5.75 Å². The van der Waals surface area contributed by atoms with Crippen LogP contribution in [0.1, 0.15) is 22.3 Å². The molecule has 28 heavy (non-hydrogen) atoms. The first kappa shape index (κ1) is 19.4. The molecule has 0 saturated carbocycles. The third-order valence-corrected chi connectivity index (χ3v) is 4.56. The molecule has 0 aliphatic carbocycles. The second-order valence-electron chi connectivity index (χ2n) is 5.92. The zero-order chi connectivity index (χ0) is 19.9. The summed E-state index contributed by atoms with van der Waals surface area (Å²) in [4.78, 5) is 0. The number of nitrogens with zero attached hydrogens (tertiary/aromatic N) is 2. The lowest BCUT2D eigenvalue weighted by Crippen LogP contribution is -1.99. The van der Waals surface area contributed by atoms with Gasteiger partial charge >= 0.3 is 0 Å². The van der Waals surface area contributed by atoms with E-state index in [2.05, 4.69) is 28.1 Å². The molecule has 0 radical (unpaired) electrons. The fourth-order valence-electron chi connectivity index (χ4n) is 2.64. The highest BCUT2D eigenvalue weighted by atomic mass is 79.9. The molecule has 0 amide bonds. The minimum absolute atomic E-state index is 0.227. The third-order valence-electron chi connectivity index (χ3n) is 4.07. The Morgan fingerprint density at radius 3 is 2.50 bits per heavy atom. The van der Waals surface area contributed by atoms with Gasteiger partial charge in [-0.1, -0.05) is 46.3 Å². The predicted octanol–water partition coefficient (Wildman–Crippen LogP) is 6.10. The van der Waals surface area contributed by atoms with Gasteiger partial charge in [-0.3, -0.25) is 0 Å². The molecule has 3 aromatic carbocycles. The second kappa shape index (κ2) is 8.99. The molecule has 3 rings (SSSR count). The monoisotopic (exact) mass is 432 g/mol. The van der Waals surface area contributed by atoms with Crippen LogP contribution in [0.15, 0.2) is 71.2 Å². The molecule has 0 aliphatic heterocycles. The Morgan fingerprint density at radius 1 is 1.04 bits per heavy atom. The van der Waals surface area contributed by atoms with E-state index in [9.17, 15) is 14.9 Å². The molecule has 3 nitrogen and oxygen atoms in total. The molecular weight excluding hydrogens is 419 g/mol. The molecule has 0 aliphatic rings. The van der Waals surface area contributed by atoms with Gasteiger partial charge in [0.25, 0.3) is 0 Å². The fourth-order valence-corrected chi connectivity index (χ4v) is 3.02. The summed E-state index contributed by atoms with van der Waals surface area (Å²) in [6.07, 6.45) is 1.70. The van der Waals surface area contributed by atoms with Crippen LogP contribution in [0.4, 0.5) is 4.39 Å². The Labute approximate surface area is 171 Å². The Kier molecular flexibility index (Phi) is 6.22. The molecule has 0 fully saturated rings. The Bertz CT molecular complexity index is 1110. The molecular formula is C23H14BrFN2O. The maximum atomic E-state index is 13.2. The largest absolute Gasteiger partial charge is 0.488 e. The number of benzene rings is 3. The summed E-state index contributed by atoms with van der Waals surface area (Å²) in [6.45, 7) is 0.227. The normalized spacial score (nSPS) is 10.8. The zero-order valence-electron chi connectivity index (χ0n) is 14.7. The summed E-state index contributed by atoms with van der Waals surface area (Å²) in [5.41, 5.74) is 3.04. The average molecular weight is 433 g/mol. The summed E-state index contributed by atoms with van der Waals surface area (Å²) in [6, 6.07) is 22.8. The SMILES string of the molecule is N#CC(=Cc1cc(Br)ccc1OCc1ccccc1C#N)c1ccc(F)cc1. The highest BCUT2D eigenvalue weighted by Gasteiger charge is 2.08. The van der Waals surface area contributed by atoms with Crippen molar-refractivity contribution in [2.45, 2.75) is 6.61 Å². The van der Waals surface area contributed by atoms with Crippen LogP contribution in [0.3, 0.4) is 0 Å². The van der Waals surface area contributed by atoms with E-state index >= 15 is 0 Å². The molecule has 0 heterocycles. The highest BCUT2D eigenvalue weighted by Crippen LogP contribution is 2.29. The molecule has 0 bridgehead atoms. The number of nitriles is 2. The number of hydrogen-bond donors (Lipinski definition) is 0. The number of ether oxygens (including phenoxy) is 1. The third kappa shape index (κ3) is 4.65. The van der Waals surface area contributed by atoms with Crippen molar-refractivity contribution in [2.24, 2.45) is 0 Å². The van der Waals surface area contributed by atoms with Crippen LogP contribution in [-0.2, 0) is 6.61 Å². The summed E-state index contributed by atoms with van der Waals surface area (Å²) >= 11 is 3.43. The minimum atomic E-state index is -0.358. The molecule has 136 valence electrons. The van der Waals surface area contributed by atoms with E-state index in [-0.39, 0.29) is 12.4 Å². The summed E-state index contributed by atoms with van der Waals surface area (Å²) in [5, 5.41) is 18.8. The minimum Gasteiger partial charge on any atom is -0.488 e. The van der Waals surface area contributed by atoms with Crippen molar-refractivity contribution in [3.8, 4) is 17.9 Å². The van der Waals surface area contributed by atoms with E-state index in [1.54, 1.807) is 36.4 Å². The molecule has 0 spiro atoms. The molecule has 5 heteroatoms. The van der Waals surface area contributed by atoms with E-state index in [4.69, 9.17) is 4.74 Å². The number of hydrogen-bond acceptors (Lipinski definition) is 3. The van der Waals surface area contributed by atoms with Crippen LogP contribution in [0, 0.1) is 28.5 Å². The van der Waals surface area contributed by atoms with Crippen molar-refractivity contribution in [1.29, 1.82) is 10.5 Å². The van der Waals surface area contributed by atoms with Gasteiger partial charge in [0.15, 0.2) is 0 Å². The smallest absolute Gasteiger partial charge is 0.127 e. The van der Waals surface area contributed by atoms with E-state index in [0.29, 0.717) is 28.0 Å². The second-order valence-corrected chi connectivity index (χ2v) is 6.83. The maximum absolute atomic E-state index is 13.2. The first-order valence-electron chi connectivity index (χ1n) is 8.39. The van der Waals surface area contributed by atoms with Crippen molar-refractivity contribution < 1.29 is 9.13 Å².